The fourth-order valence-electron chi connectivity index (χ4n) is 1.39. The van der Waals surface area contributed by atoms with E-state index in [9.17, 15) is 0 Å². The fourth-order valence-corrected chi connectivity index (χ4v) is 2.18. The van der Waals surface area contributed by atoms with Crippen molar-refractivity contribution < 1.29 is 0 Å². The average molecular weight is 331 g/mol. The van der Waals surface area contributed by atoms with E-state index >= 15 is 0 Å². The summed E-state index contributed by atoms with van der Waals surface area (Å²) in [4.78, 5) is 11.7. The third-order valence-electron chi connectivity index (χ3n) is 2.26. The van der Waals surface area contributed by atoms with Crippen LogP contribution in [0.25, 0.3) is 11.5 Å². The quantitative estimate of drug-likeness (QED) is 0.840. The zero-order valence-electron chi connectivity index (χ0n) is 9.00. The summed E-state index contributed by atoms with van der Waals surface area (Å²) in [6.45, 7) is 2.05. The Hall–Kier alpha value is -0.780. The summed E-state index contributed by atoms with van der Waals surface area (Å²) >= 11 is 14.4. The number of hydrogen-bond donors (Lipinski definition) is 1. The predicted molar refractivity (Wildman–Crippen MR) is 74.7 cm³/mol. The number of aromatic nitrogens is 3. The van der Waals surface area contributed by atoms with E-state index in [1.54, 1.807) is 12.3 Å². The van der Waals surface area contributed by atoms with Gasteiger partial charge in [0.05, 0.1) is 9.50 Å². The Labute approximate surface area is 117 Å². The first-order valence-electron chi connectivity index (χ1n) is 5.02. The molecule has 0 atom stereocenters. The fraction of sp³-hybridized carbons (Fsp3) is 0.182. The molecule has 0 aliphatic heterocycles. The molecule has 0 aromatic carbocycles. The summed E-state index contributed by atoms with van der Waals surface area (Å²) in [6.07, 6.45) is 2.43. The van der Waals surface area contributed by atoms with Crippen LogP contribution in [0, 0.1) is 4.64 Å². The molecular weight excluding hydrogens is 322 g/mol. The topological polar surface area (TPSA) is 41.6 Å². The molecule has 0 fully saturated rings. The highest BCUT2D eigenvalue weighted by molar-refractivity contribution is 9.10. The van der Waals surface area contributed by atoms with Gasteiger partial charge in [0.25, 0.3) is 0 Å². The summed E-state index contributed by atoms with van der Waals surface area (Å²) < 4.78 is 1.38. The number of nitrogens with one attached hydrogen (secondary N) is 1. The van der Waals surface area contributed by atoms with Crippen molar-refractivity contribution in [2.45, 2.75) is 13.3 Å². The van der Waals surface area contributed by atoms with E-state index in [4.69, 9.17) is 23.8 Å². The summed E-state index contributed by atoms with van der Waals surface area (Å²) in [5, 5.41) is 0.597. The number of rotatable bonds is 2. The van der Waals surface area contributed by atoms with Gasteiger partial charge in [0, 0.05) is 11.9 Å². The van der Waals surface area contributed by atoms with E-state index in [2.05, 4.69) is 30.9 Å². The smallest absolute Gasteiger partial charge is 0.157 e. The van der Waals surface area contributed by atoms with Gasteiger partial charge in [-0.25, -0.2) is 4.98 Å². The molecule has 0 saturated carbocycles. The number of halogens is 2. The van der Waals surface area contributed by atoms with E-state index in [0.717, 1.165) is 22.3 Å². The lowest BCUT2D eigenvalue weighted by molar-refractivity contribution is 0.977. The van der Waals surface area contributed by atoms with Gasteiger partial charge in [-0.2, -0.15) is 0 Å². The predicted octanol–water partition coefficient (Wildman–Crippen LogP) is 4.18. The third kappa shape index (κ3) is 2.73. The first-order valence-corrected chi connectivity index (χ1v) is 6.60. The lowest BCUT2D eigenvalue weighted by atomic mass is 10.3. The molecule has 0 amide bonds. The molecule has 1 N–H and O–H groups in total. The zero-order valence-corrected chi connectivity index (χ0v) is 12.2. The Kier molecular flexibility index (Phi) is 3.91. The second kappa shape index (κ2) is 5.25. The maximum atomic E-state index is 5.79. The minimum atomic E-state index is 0.535. The molecule has 2 rings (SSSR count). The first kappa shape index (κ1) is 12.7. The van der Waals surface area contributed by atoms with Crippen molar-refractivity contribution >= 4 is 39.7 Å². The van der Waals surface area contributed by atoms with Crippen LogP contribution >= 0.6 is 39.7 Å². The van der Waals surface area contributed by atoms with Crippen LogP contribution in [0.2, 0.25) is 5.02 Å². The molecule has 0 saturated heterocycles. The van der Waals surface area contributed by atoms with Gasteiger partial charge in [0.15, 0.2) is 5.82 Å². The van der Waals surface area contributed by atoms with Gasteiger partial charge in [-0.3, -0.25) is 4.98 Å². The molecule has 0 unspecified atom stereocenters. The lowest BCUT2D eigenvalue weighted by Crippen LogP contribution is -1.98. The van der Waals surface area contributed by atoms with Gasteiger partial charge >= 0.3 is 0 Å². The molecule has 17 heavy (non-hydrogen) atoms. The summed E-state index contributed by atoms with van der Waals surface area (Å²) in [7, 11) is 0. The highest BCUT2D eigenvalue weighted by atomic mass is 79.9. The van der Waals surface area contributed by atoms with Gasteiger partial charge in [-0.05, 0) is 34.5 Å². The van der Waals surface area contributed by atoms with Crippen LogP contribution in [-0.2, 0) is 6.42 Å². The van der Waals surface area contributed by atoms with Gasteiger partial charge in [-0.15, -0.1) is 0 Å². The van der Waals surface area contributed by atoms with Crippen molar-refractivity contribution in [3.05, 3.63) is 38.2 Å². The molecule has 2 heterocycles. The van der Waals surface area contributed by atoms with Gasteiger partial charge in [0.2, 0.25) is 0 Å². The number of pyridine rings is 1. The van der Waals surface area contributed by atoms with Gasteiger partial charge in [0.1, 0.15) is 10.3 Å². The second-order valence-corrected chi connectivity index (χ2v) is 5.01. The molecule has 2 aromatic rings. The second-order valence-electron chi connectivity index (χ2n) is 3.40. The van der Waals surface area contributed by atoms with E-state index in [-0.39, 0.29) is 0 Å². The van der Waals surface area contributed by atoms with Gasteiger partial charge < -0.3 is 4.98 Å². The molecule has 6 heteroatoms. The van der Waals surface area contributed by atoms with Crippen LogP contribution in [0.4, 0.5) is 0 Å². The molecule has 0 aliphatic carbocycles. The van der Waals surface area contributed by atoms with Crippen LogP contribution in [-0.4, -0.2) is 15.0 Å². The maximum Gasteiger partial charge on any atom is 0.157 e. The molecule has 2 aromatic heterocycles. The maximum absolute atomic E-state index is 5.79. The van der Waals surface area contributed by atoms with Crippen LogP contribution < -0.4 is 0 Å². The summed E-state index contributed by atoms with van der Waals surface area (Å²) in [6, 6.07) is 3.58. The highest BCUT2D eigenvalue weighted by Gasteiger charge is 2.07. The van der Waals surface area contributed by atoms with Crippen molar-refractivity contribution in [2.75, 3.05) is 0 Å². The summed E-state index contributed by atoms with van der Waals surface area (Å²) in [5.41, 5.74) is 1.74. The largest absolute Gasteiger partial charge is 0.341 e. The normalized spacial score (nSPS) is 10.5. The number of nitrogens with zero attached hydrogens (tertiary/aromatic N) is 2. The van der Waals surface area contributed by atoms with Crippen molar-refractivity contribution in [3.63, 3.8) is 0 Å². The Morgan fingerprint density at radius 2 is 2.24 bits per heavy atom. The van der Waals surface area contributed by atoms with E-state index in [0.29, 0.717) is 15.5 Å². The van der Waals surface area contributed by atoms with Crippen LogP contribution in [0.1, 0.15) is 12.6 Å². The Balaban J connectivity index is 2.56. The van der Waals surface area contributed by atoms with E-state index in [1.807, 2.05) is 13.0 Å². The minimum Gasteiger partial charge on any atom is -0.341 e. The van der Waals surface area contributed by atoms with E-state index < -0.39 is 0 Å². The van der Waals surface area contributed by atoms with Crippen LogP contribution in [0.15, 0.2) is 22.8 Å². The number of aryl methyl sites for hydroxylation is 1. The minimum absolute atomic E-state index is 0.535. The average Bonchev–Trinajstić information content (AvgIpc) is 2.33. The van der Waals surface area contributed by atoms with E-state index in [1.165, 1.54) is 0 Å². The molecule has 0 aliphatic rings. The molecule has 0 bridgehead atoms. The standard InChI is InChI=1S/C11H9BrClN3S/c1-2-7-9(12)11(17)16-10(15-7)8-4-3-6(13)5-14-8/h3-5H,2H2,1H3,(H,15,16,17). The van der Waals surface area contributed by atoms with Crippen LogP contribution in [0.3, 0.4) is 0 Å². The summed E-state index contributed by atoms with van der Waals surface area (Å²) in [5.74, 6) is 0.659. The zero-order chi connectivity index (χ0) is 12.4. The first-order chi connectivity index (χ1) is 8.11. The van der Waals surface area contributed by atoms with Crippen molar-refractivity contribution in [2.24, 2.45) is 0 Å². The molecular formula is C11H9BrClN3S. The van der Waals surface area contributed by atoms with Crippen molar-refractivity contribution in [1.29, 1.82) is 0 Å². The van der Waals surface area contributed by atoms with Crippen molar-refractivity contribution in [1.82, 2.24) is 15.0 Å². The Morgan fingerprint density at radius 1 is 1.47 bits per heavy atom. The lowest BCUT2D eigenvalue weighted by Gasteiger charge is -2.06. The Morgan fingerprint density at radius 3 is 2.82 bits per heavy atom. The third-order valence-corrected chi connectivity index (χ3v) is 3.89. The highest BCUT2D eigenvalue weighted by Crippen LogP contribution is 2.21. The van der Waals surface area contributed by atoms with Crippen molar-refractivity contribution in [3.8, 4) is 11.5 Å². The number of aromatic amines is 1. The Bertz CT molecular complexity index is 595. The molecule has 0 spiro atoms. The molecule has 0 radical (unpaired) electrons. The monoisotopic (exact) mass is 329 g/mol. The number of hydrogen-bond acceptors (Lipinski definition) is 3. The SMILES string of the molecule is CCc1[nH]c(-c2ccc(Cl)cn2)nc(=S)c1Br. The van der Waals surface area contributed by atoms with Crippen LogP contribution in [0.5, 0.6) is 0 Å². The molecule has 3 nitrogen and oxygen atoms in total. The molecule has 88 valence electrons. The van der Waals surface area contributed by atoms with Gasteiger partial charge in [-0.1, -0.05) is 30.7 Å². The number of H-pyrrole nitrogens is 1.